The highest BCUT2D eigenvalue weighted by Gasteiger charge is 2.06. The van der Waals surface area contributed by atoms with Gasteiger partial charge in [0, 0.05) is 19.1 Å². The van der Waals surface area contributed by atoms with Gasteiger partial charge in [0.15, 0.2) is 0 Å². The molecule has 16 heavy (non-hydrogen) atoms. The predicted molar refractivity (Wildman–Crippen MR) is 71.0 cm³/mol. The molecule has 1 atom stereocenters. The normalized spacial score (nSPS) is 12.4. The SMILES string of the molecule is CCC(COC)Nc1cc(CSC)ccn1. The number of anilines is 1. The van der Waals surface area contributed by atoms with E-state index in [-0.39, 0.29) is 0 Å². The van der Waals surface area contributed by atoms with Crippen molar-refractivity contribution in [2.75, 3.05) is 25.3 Å². The van der Waals surface area contributed by atoms with E-state index in [0.717, 1.165) is 18.0 Å². The Morgan fingerprint density at radius 2 is 2.38 bits per heavy atom. The van der Waals surface area contributed by atoms with Gasteiger partial charge in [-0.2, -0.15) is 11.8 Å². The van der Waals surface area contributed by atoms with Crippen molar-refractivity contribution in [1.82, 2.24) is 4.98 Å². The highest BCUT2D eigenvalue weighted by atomic mass is 32.2. The molecule has 1 rings (SSSR count). The van der Waals surface area contributed by atoms with Crippen molar-refractivity contribution in [2.24, 2.45) is 0 Å². The number of ether oxygens (including phenoxy) is 1. The largest absolute Gasteiger partial charge is 0.383 e. The molecule has 0 aliphatic rings. The lowest BCUT2D eigenvalue weighted by Gasteiger charge is -2.16. The van der Waals surface area contributed by atoms with Gasteiger partial charge >= 0.3 is 0 Å². The van der Waals surface area contributed by atoms with Gasteiger partial charge in [0.05, 0.1) is 12.6 Å². The van der Waals surface area contributed by atoms with E-state index in [1.807, 2.05) is 18.0 Å². The predicted octanol–water partition coefficient (Wildman–Crippen LogP) is 2.78. The Hall–Kier alpha value is -0.740. The Labute approximate surface area is 102 Å². The molecule has 0 aromatic carbocycles. The van der Waals surface area contributed by atoms with Crippen LogP contribution in [0.2, 0.25) is 0 Å². The van der Waals surface area contributed by atoms with E-state index in [1.165, 1.54) is 5.56 Å². The molecule has 0 aliphatic carbocycles. The molecule has 1 heterocycles. The van der Waals surface area contributed by atoms with Gasteiger partial charge < -0.3 is 10.1 Å². The van der Waals surface area contributed by atoms with Gasteiger partial charge in [0.1, 0.15) is 5.82 Å². The Morgan fingerprint density at radius 1 is 1.56 bits per heavy atom. The van der Waals surface area contributed by atoms with Crippen LogP contribution in [-0.2, 0) is 10.5 Å². The summed E-state index contributed by atoms with van der Waals surface area (Å²) in [7, 11) is 1.72. The van der Waals surface area contributed by atoms with Gasteiger partial charge in [-0.3, -0.25) is 0 Å². The zero-order valence-electron chi connectivity index (χ0n) is 10.2. The molecule has 0 radical (unpaired) electrons. The number of thioether (sulfide) groups is 1. The van der Waals surface area contributed by atoms with Crippen LogP contribution in [0.15, 0.2) is 18.3 Å². The van der Waals surface area contributed by atoms with Crippen LogP contribution < -0.4 is 5.32 Å². The Bertz CT molecular complexity index is 307. The van der Waals surface area contributed by atoms with Crippen LogP contribution >= 0.6 is 11.8 Å². The quantitative estimate of drug-likeness (QED) is 0.794. The van der Waals surface area contributed by atoms with E-state index in [9.17, 15) is 0 Å². The lowest BCUT2D eigenvalue weighted by molar-refractivity contribution is 0.184. The average molecular weight is 240 g/mol. The first-order valence-corrected chi connectivity index (χ1v) is 6.88. The zero-order valence-corrected chi connectivity index (χ0v) is 11.0. The standard InChI is InChI=1S/C12H20N2OS/c1-4-11(8-15-2)14-12-7-10(9-16-3)5-6-13-12/h5-7,11H,4,8-9H2,1-3H3,(H,13,14). The molecular weight excluding hydrogens is 220 g/mol. The Morgan fingerprint density at radius 3 is 3.00 bits per heavy atom. The van der Waals surface area contributed by atoms with Crippen molar-refractivity contribution in [2.45, 2.75) is 25.1 Å². The summed E-state index contributed by atoms with van der Waals surface area (Å²) in [6.07, 6.45) is 4.99. The summed E-state index contributed by atoms with van der Waals surface area (Å²) in [5, 5.41) is 3.38. The van der Waals surface area contributed by atoms with Gasteiger partial charge in [-0.25, -0.2) is 4.98 Å². The number of rotatable bonds is 7. The van der Waals surface area contributed by atoms with Crippen LogP contribution in [0.5, 0.6) is 0 Å². The maximum atomic E-state index is 5.15. The smallest absolute Gasteiger partial charge is 0.126 e. The third-order valence-corrected chi connectivity index (χ3v) is 2.97. The summed E-state index contributed by atoms with van der Waals surface area (Å²) in [5.74, 6) is 1.97. The fourth-order valence-corrected chi connectivity index (χ4v) is 1.99. The van der Waals surface area contributed by atoms with Gasteiger partial charge in [0.2, 0.25) is 0 Å². The zero-order chi connectivity index (χ0) is 11.8. The summed E-state index contributed by atoms with van der Waals surface area (Å²) < 4.78 is 5.15. The fraction of sp³-hybridized carbons (Fsp3) is 0.583. The number of hydrogen-bond donors (Lipinski definition) is 1. The van der Waals surface area contributed by atoms with E-state index in [2.05, 4.69) is 35.6 Å². The molecule has 0 amide bonds. The number of nitrogens with one attached hydrogen (secondary N) is 1. The molecule has 3 nitrogen and oxygen atoms in total. The lowest BCUT2D eigenvalue weighted by Crippen LogP contribution is -2.24. The number of aromatic nitrogens is 1. The van der Waals surface area contributed by atoms with Crippen molar-refractivity contribution in [3.8, 4) is 0 Å². The topological polar surface area (TPSA) is 34.1 Å². The third kappa shape index (κ3) is 4.41. The molecule has 1 unspecified atom stereocenters. The van der Waals surface area contributed by atoms with Crippen LogP contribution in [-0.4, -0.2) is 31.0 Å². The van der Waals surface area contributed by atoms with E-state index >= 15 is 0 Å². The summed E-state index contributed by atoms with van der Waals surface area (Å²) in [6.45, 7) is 2.85. The van der Waals surface area contributed by atoms with Gasteiger partial charge in [-0.1, -0.05) is 6.92 Å². The van der Waals surface area contributed by atoms with Crippen molar-refractivity contribution in [3.63, 3.8) is 0 Å². The van der Waals surface area contributed by atoms with E-state index in [1.54, 1.807) is 7.11 Å². The molecule has 0 spiro atoms. The van der Waals surface area contributed by atoms with Gasteiger partial charge in [-0.05, 0) is 30.4 Å². The van der Waals surface area contributed by atoms with Crippen LogP contribution in [0.3, 0.4) is 0 Å². The first kappa shape index (κ1) is 13.3. The molecule has 0 bridgehead atoms. The van der Waals surface area contributed by atoms with Crippen LogP contribution in [0, 0.1) is 0 Å². The first-order chi connectivity index (χ1) is 7.80. The summed E-state index contributed by atoms with van der Waals surface area (Å²) in [5.41, 5.74) is 1.30. The molecule has 0 aliphatic heterocycles. The van der Waals surface area contributed by atoms with Crippen molar-refractivity contribution < 1.29 is 4.74 Å². The summed E-state index contributed by atoms with van der Waals surface area (Å²) in [4.78, 5) is 4.32. The minimum atomic E-state index is 0.335. The highest BCUT2D eigenvalue weighted by Crippen LogP contribution is 2.13. The monoisotopic (exact) mass is 240 g/mol. The maximum absolute atomic E-state index is 5.15. The number of hydrogen-bond acceptors (Lipinski definition) is 4. The summed E-state index contributed by atoms with van der Waals surface area (Å²) >= 11 is 1.82. The van der Waals surface area contributed by atoms with Crippen LogP contribution in [0.4, 0.5) is 5.82 Å². The molecule has 90 valence electrons. The van der Waals surface area contributed by atoms with E-state index < -0.39 is 0 Å². The van der Waals surface area contributed by atoms with E-state index in [4.69, 9.17) is 4.74 Å². The second-order valence-corrected chi connectivity index (χ2v) is 4.55. The lowest BCUT2D eigenvalue weighted by atomic mass is 10.2. The Kier molecular flexibility index (Phi) is 6.26. The van der Waals surface area contributed by atoms with Crippen molar-refractivity contribution in [3.05, 3.63) is 23.9 Å². The molecule has 0 saturated heterocycles. The second-order valence-electron chi connectivity index (χ2n) is 3.69. The number of pyridine rings is 1. The van der Waals surface area contributed by atoms with Gasteiger partial charge in [-0.15, -0.1) is 0 Å². The molecular formula is C12H20N2OS. The molecule has 0 fully saturated rings. The molecule has 1 aromatic heterocycles. The average Bonchev–Trinajstić information content (AvgIpc) is 2.29. The first-order valence-electron chi connectivity index (χ1n) is 5.49. The maximum Gasteiger partial charge on any atom is 0.126 e. The third-order valence-electron chi connectivity index (χ3n) is 2.35. The number of methoxy groups -OCH3 is 1. The number of nitrogens with zero attached hydrogens (tertiary/aromatic N) is 1. The van der Waals surface area contributed by atoms with Crippen molar-refractivity contribution in [1.29, 1.82) is 0 Å². The molecule has 1 aromatic rings. The van der Waals surface area contributed by atoms with Crippen LogP contribution in [0.25, 0.3) is 0 Å². The Balaban J connectivity index is 2.60. The minimum absolute atomic E-state index is 0.335. The highest BCUT2D eigenvalue weighted by molar-refractivity contribution is 7.97. The fourth-order valence-electron chi connectivity index (χ4n) is 1.48. The molecule has 1 N–H and O–H groups in total. The van der Waals surface area contributed by atoms with Gasteiger partial charge in [0.25, 0.3) is 0 Å². The second kappa shape index (κ2) is 7.52. The molecule has 4 heteroatoms. The minimum Gasteiger partial charge on any atom is -0.383 e. The molecule has 0 saturated carbocycles. The van der Waals surface area contributed by atoms with E-state index in [0.29, 0.717) is 12.6 Å². The van der Waals surface area contributed by atoms with Crippen molar-refractivity contribution >= 4 is 17.6 Å². The van der Waals surface area contributed by atoms with Crippen LogP contribution in [0.1, 0.15) is 18.9 Å². The summed E-state index contributed by atoms with van der Waals surface area (Å²) in [6, 6.07) is 4.50.